The quantitative estimate of drug-likeness (QED) is 0.576. The van der Waals surface area contributed by atoms with Crippen LogP contribution in [0.1, 0.15) is 10.4 Å². The van der Waals surface area contributed by atoms with E-state index in [9.17, 15) is 18.4 Å². The predicted octanol–water partition coefficient (Wildman–Crippen LogP) is 3.27. The number of para-hydroxylation sites is 2. The maximum Gasteiger partial charge on any atom is 0.297 e. The lowest BCUT2D eigenvalue weighted by atomic mass is 10.1. The Kier molecular flexibility index (Phi) is 3.42. The minimum atomic E-state index is -1.10. The maximum absolute atomic E-state index is 13.5. The first-order valence-electron chi connectivity index (χ1n) is 6.43. The highest BCUT2D eigenvalue weighted by molar-refractivity contribution is 6.48. The number of nitrogens with one attached hydrogen (secondary N) is 2. The number of amides is 1. The van der Waals surface area contributed by atoms with Crippen molar-refractivity contribution in [2.45, 2.75) is 0 Å². The van der Waals surface area contributed by atoms with Crippen LogP contribution in [0.4, 0.5) is 14.5 Å². The Morgan fingerprint density at radius 2 is 1.64 bits per heavy atom. The Morgan fingerprint density at radius 3 is 2.36 bits per heavy atom. The molecule has 0 bridgehead atoms. The van der Waals surface area contributed by atoms with E-state index < -0.39 is 29.0 Å². The normalized spacial score (nSPS) is 10.6. The van der Waals surface area contributed by atoms with Gasteiger partial charge in [0, 0.05) is 17.1 Å². The number of carbonyl (C=O) groups excluding carboxylic acids is 2. The van der Waals surface area contributed by atoms with E-state index >= 15 is 0 Å². The van der Waals surface area contributed by atoms with Gasteiger partial charge in [0.05, 0.1) is 5.56 Å². The smallest absolute Gasteiger partial charge is 0.297 e. The Bertz CT molecular complexity index is 866. The van der Waals surface area contributed by atoms with Crippen molar-refractivity contribution in [3.63, 3.8) is 0 Å². The number of rotatable bonds is 3. The Labute approximate surface area is 123 Å². The molecule has 3 aromatic rings. The minimum Gasteiger partial charge on any atom is -0.360 e. The highest BCUT2D eigenvalue weighted by Gasteiger charge is 2.22. The number of hydrogen-bond donors (Lipinski definition) is 2. The van der Waals surface area contributed by atoms with E-state index in [-0.39, 0.29) is 5.56 Å². The van der Waals surface area contributed by atoms with Gasteiger partial charge in [0.15, 0.2) is 0 Å². The summed E-state index contributed by atoms with van der Waals surface area (Å²) in [5.41, 5.74) is 0.196. The molecule has 0 aliphatic heterocycles. The molecule has 22 heavy (non-hydrogen) atoms. The lowest BCUT2D eigenvalue weighted by Crippen LogP contribution is -2.23. The summed E-state index contributed by atoms with van der Waals surface area (Å²) >= 11 is 0. The molecule has 3 rings (SSSR count). The van der Waals surface area contributed by atoms with Crippen LogP contribution in [-0.2, 0) is 4.79 Å². The number of Topliss-reactive ketones (excluding diaryl/α,β-unsaturated/α-hetero) is 1. The van der Waals surface area contributed by atoms with E-state index in [0.717, 1.165) is 12.1 Å². The second kappa shape index (κ2) is 5.40. The molecule has 0 aliphatic rings. The van der Waals surface area contributed by atoms with Gasteiger partial charge in [-0.2, -0.15) is 0 Å². The van der Waals surface area contributed by atoms with Crippen molar-refractivity contribution >= 4 is 28.3 Å². The third kappa shape index (κ3) is 2.35. The SMILES string of the molecule is O=C(Nc1c(F)cccc1F)C(=O)c1c[nH]c2ccccc12. The van der Waals surface area contributed by atoms with Crippen LogP contribution in [0.15, 0.2) is 48.7 Å². The Balaban J connectivity index is 1.91. The van der Waals surface area contributed by atoms with Crippen molar-refractivity contribution < 1.29 is 18.4 Å². The van der Waals surface area contributed by atoms with Gasteiger partial charge in [-0.15, -0.1) is 0 Å². The van der Waals surface area contributed by atoms with Gasteiger partial charge in [-0.3, -0.25) is 9.59 Å². The highest BCUT2D eigenvalue weighted by Crippen LogP contribution is 2.21. The second-order valence-corrected chi connectivity index (χ2v) is 4.63. The Hall–Kier alpha value is -3.02. The fraction of sp³-hybridized carbons (Fsp3) is 0. The summed E-state index contributed by atoms with van der Waals surface area (Å²) in [4.78, 5) is 27.0. The molecule has 0 atom stereocenters. The molecule has 0 fully saturated rings. The van der Waals surface area contributed by atoms with E-state index in [0.29, 0.717) is 10.9 Å². The molecule has 2 N–H and O–H groups in total. The van der Waals surface area contributed by atoms with Crippen LogP contribution in [0.25, 0.3) is 10.9 Å². The number of carbonyl (C=O) groups is 2. The molecule has 4 nitrogen and oxygen atoms in total. The van der Waals surface area contributed by atoms with E-state index in [1.54, 1.807) is 24.3 Å². The van der Waals surface area contributed by atoms with Gasteiger partial charge in [0.25, 0.3) is 11.7 Å². The number of anilines is 1. The van der Waals surface area contributed by atoms with Crippen LogP contribution >= 0.6 is 0 Å². The third-order valence-corrected chi connectivity index (χ3v) is 3.24. The fourth-order valence-electron chi connectivity index (χ4n) is 2.17. The number of hydrogen-bond acceptors (Lipinski definition) is 2. The van der Waals surface area contributed by atoms with E-state index in [2.05, 4.69) is 4.98 Å². The summed E-state index contributed by atoms with van der Waals surface area (Å²) in [5.74, 6) is -3.87. The molecule has 2 aromatic carbocycles. The van der Waals surface area contributed by atoms with Gasteiger partial charge < -0.3 is 10.3 Å². The number of ketones is 1. The molecule has 1 aromatic heterocycles. The summed E-state index contributed by atoms with van der Waals surface area (Å²) in [5, 5.41) is 2.55. The van der Waals surface area contributed by atoms with Crippen molar-refractivity contribution in [2.24, 2.45) is 0 Å². The molecular weight excluding hydrogens is 290 g/mol. The number of benzene rings is 2. The zero-order chi connectivity index (χ0) is 15.7. The predicted molar refractivity (Wildman–Crippen MR) is 77.6 cm³/mol. The van der Waals surface area contributed by atoms with Gasteiger partial charge in [-0.25, -0.2) is 8.78 Å². The van der Waals surface area contributed by atoms with Gasteiger partial charge in [-0.1, -0.05) is 24.3 Å². The summed E-state index contributed by atoms with van der Waals surface area (Å²) in [6.07, 6.45) is 1.39. The van der Waals surface area contributed by atoms with Crippen LogP contribution in [0.5, 0.6) is 0 Å². The second-order valence-electron chi connectivity index (χ2n) is 4.63. The number of aromatic amines is 1. The maximum atomic E-state index is 13.5. The molecule has 0 saturated heterocycles. The van der Waals surface area contributed by atoms with Crippen LogP contribution in [0.2, 0.25) is 0 Å². The van der Waals surface area contributed by atoms with Gasteiger partial charge >= 0.3 is 0 Å². The molecule has 1 heterocycles. The minimum absolute atomic E-state index is 0.143. The summed E-state index contributed by atoms with van der Waals surface area (Å²) in [6, 6.07) is 10.1. The van der Waals surface area contributed by atoms with Crippen LogP contribution < -0.4 is 5.32 Å². The molecule has 110 valence electrons. The van der Waals surface area contributed by atoms with Crippen LogP contribution in [0.3, 0.4) is 0 Å². The lowest BCUT2D eigenvalue weighted by Gasteiger charge is -2.06. The molecule has 0 aliphatic carbocycles. The summed E-state index contributed by atoms with van der Waals surface area (Å²) < 4.78 is 27.0. The van der Waals surface area contributed by atoms with Crippen LogP contribution in [-0.4, -0.2) is 16.7 Å². The van der Waals surface area contributed by atoms with Gasteiger partial charge in [-0.05, 0) is 18.2 Å². The first kappa shape index (κ1) is 13.9. The van der Waals surface area contributed by atoms with E-state index in [1.165, 1.54) is 12.3 Å². The topological polar surface area (TPSA) is 62.0 Å². The zero-order valence-electron chi connectivity index (χ0n) is 11.2. The molecule has 0 unspecified atom stereocenters. The molecule has 0 spiro atoms. The third-order valence-electron chi connectivity index (χ3n) is 3.24. The number of H-pyrrole nitrogens is 1. The zero-order valence-corrected chi connectivity index (χ0v) is 11.2. The highest BCUT2D eigenvalue weighted by atomic mass is 19.1. The first-order valence-corrected chi connectivity index (χ1v) is 6.43. The molecule has 0 saturated carbocycles. The summed E-state index contributed by atoms with van der Waals surface area (Å²) in [6.45, 7) is 0. The van der Waals surface area contributed by atoms with Gasteiger partial charge in [0.1, 0.15) is 17.3 Å². The summed E-state index contributed by atoms with van der Waals surface area (Å²) in [7, 11) is 0. The average Bonchev–Trinajstić information content (AvgIpc) is 2.94. The lowest BCUT2D eigenvalue weighted by molar-refractivity contribution is -0.112. The number of aromatic nitrogens is 1. The van der Waals surface area contributed by atoms with Crippen molar-refractivity contribution in [2.75, 3.05) is 5.32 Å². The standard InChI is InChI=1S/C16H10F2N2O2/c17-11-5-3-6-12(18)14(11)20-16(22)15(21)10-8-19-13-7-2-1-4-9(10)13/h1-8,19H,(H,20,22). The van der Waals surface area contributed by atoms with Gasteiger partial charge in [0.2, 0.25) is 0 Å². The Morgan fingerprint density at radius 1 is 0.955 bits per heavy atom. The molecule has 1 amide bonds. The van der Waals surface area contributed by atoms with E-state index in [4.69, 9.17) is 0 Å². The molecular formula is C16H10F2N2O2. The number of fused-ring (bicyclic) bond motifs is 1. The largest absolute Gasteiger partial charge is 0.360 e. The monoisotopic (exact) mass is 300 g/mol. The van der Waals surface area contributed by atoms with Crippen molar-refractivity contribution in [3.8, 4) is 0 Å². The van der Waals surface area contributed by atoms with Crippen molar-refractivity contribution in [1.82, 2.24) is 4.98 Å². The average molecular weight is 300 g/mol. The fourth-order valence-corrected chi connectivity index (χ4v) is 2.17. The van der Waals surface area contributed by atoms with Crippen molar-refractivity contribution in [1.29, 1.82) is 0 Å². The van der Waals surface area contributed by atoms with Crippen LogP contribution in [0, 0.1) is 11.6 Å². The molecule has 0 radical (unpaired) electrons. The number of halogens is 2. The first-order chi connectivity index (χ1) is 10.6. The van der Waals surface area contributed by atoms with Crippen molar-refractivity contribution in [3.05, 3.63) is 65.9 Å². The van der Waals surface area contributed by atoms with E-state index in [1.807, 2.05) is 5.32 Å². The molecule has 6 heteroatoms.